The Morgan fingerprint density at radius 1 is 1.09 bits per heavy atom. The lowest BCUT2D eigenvalue weighted by atomic mass is 10.1. The van der Waals surface area contributed by atoms with Crippen LogP contribution in [-0.4, -0.2) is 27.9 Å². The molecule has 7 nitrogen and oxygen atoms in total. The molecule has 0 saturated heterocycles. The third kappa shape index (κ3) is 3.00. The highest BCUT2D eigenvalue weighted by molar-refractivity contribution is 7.85. The van der Waals surface area contributed by atoms with Gasteiger partial charge in [0.05, 0.1) is 4.90 Å². The minimum Gasteiger partial charge on any atom is -0.324 e. The SMILES string of the molecule is O=S(=O)(O)c1ccc2cc(Nc3n[c]nc(F)n3)ccc2c1. The molecular weight excluding hydrogens is 311 g/mol. The van der Waals surface area contributed by atoms with Crippen molar-refractivity contribution in [3.8, 4) is 0 Å². The number of rotatable bonds is 3. The number of nitrogens with zero attached hydrogens (tertiary/aromatic N) is 3. The van der Waals surface area contributed by atoms with Gasteiger partial charge in [-0.1, -0.05) is 12.1 Å². The summed E-state index contributed by atoms with van der Waals surface area (Å²) < 4.78 is 44.1. The predicted molar refractivity (Wildman–Crippen MR) is 75.7 cm³/mol. The number of hydrogen-bond acceptors (Lipinski definition) is 6. The van der Waals surface area contributed by atoms with Crippen molar-refractivity contribution < 1.29 is 17.4 Å². The van der Waals surface area contributed by atoms with Crippen LogP contribution in [0, 0.1) is 12.4 Å². The summed E-state index contributed by atoms with van der Waals surface area (Å²) in [6.07, 6.45) is 1.17. The van der Waals surface area contributed by atoms with Crippen LogP contribution in [0.1, 0.15) is 0 Å². The predicted octanol–water partition coefficient (Wildman–Crippen LogP) is 1.95. The van der Waals surface area contributed by atoms with Gasteiger partial charge in [-0.15, -0.1) is 0 Å². The quantitative estimate of drug-likeness (QED) is 0.711. The molecular formula is C13H8FN4O3S. The van der Waals surface area contributed by atoms with Crippen molar-refractivity contribution in [1.82, 2.24) is 15.0 Å². The van der Waals surface area contributed by atoms with Crippen LogP contribution in [0.5, 0.6) is 0 Å². The van der Waals surface area contributed by atoms with Gasteiger partial charge >= 0.3 is 6.08 Å². The van der Waals surface area contributed by atoms with Gasteiger partial charge in [-0.2, -0.15) is 27.8 Å². The van der Waals surface area contributed by atoms with Gasteiger partial charge in [-0.25, -0.2) is 0 Å². The molecule has 3 rings (SSSR count). The molecule has 0 amide bonds. The number of hydrogen-bond donors (Lipinski definition) is 2. The Balaban J connectivity index is 1.97. The van der Waals surface area contributed by atoms with E-state index in [0.29, 0.717) is 11.1 Å². The second kappa shape index (κ2) is 5.28. The van der Waals surface area contributed by atoms with Crippen LogP contribution in [0.25, 0.3) is 10.8 Å². The lowest BCUT2D eigenvalue weighted by Gasteiger charge is -2.06. The number of benzene rings is 2. The molecule has 0 fully saturated rings. The van der Waals surface area contributed by atoms with E-state index >= 15 is 0 Å². The maximum atomic E-state index is 12.9. The van der Waals surface area contributed by atoms with Crippen molar-refractivity contribution in [2.45, 2.75) is 4.90 Å². The molecule has 0 saturated carbocycles. The van der Waals surface area contributed by atoms with Gasteiger partial charge < -0.3 is 5.32 Å². The summed E-state index contributed by atoms with van der Waals surface area (Å²) in [5.41, 5.74) is 0.575. The molecule has 3 aromatic rings. The van der Waals surface area contributed by atoms with Crippen LogP contribution in [-0.2, 0) is 10.1 Å². The fourth-order valence-electron chi connectivity index (χ4n) is 1.90. The molecule has 0 bridgehead atoms. The molecule has 0 aliphatic rings. The normalized spacial score (nSPS) is 11.5. The average Bonchev–Trinajstić information content (AvgIpc) is 2.45. The summed E-state index contributed by atoms with van der Waals surface area (Å²) in [5.74, 6) is 0.00130. The van der Waals surface area contributed by atoms with Gasteiger partial charge in [0.2, 0.25) is 12.3 Å². The fraction of sp³-hybridized carbons (Fsp3) is 0. The molecule has 0 atom stereocenters. The molecule has 1 radical (unpaired) electrons. The van der Waals surface area contributed by atoms with Crippen LogP contribution in [0.3, 0.4) is 0 Å². The topological polar surface area (TPSA) is 105 Å². The summed E-state index contributed by atoms with van der Waals surface area (Å²) in [5, 5.41) is 4.12. The Morgan fingerprint density at radius 3 is 2.55 bits per heavy atom. The van der Waals surface area contributed by atoms with Crippen LogP contribution in [0.4, 0.5) is 16.0 Å². The highest BCUT2D eigenvalue weighted by Crippen LogP contribution is 2.23. The summed E-state index contributed by atoms with van der Waals surface area (Å²) >= 11 is 0. The second-order valence-electron chi connectivity index (χ2n) is 4.35. The Hall–Kier alpha value is -2.65. The van der Waals surface area contributed by atoms with E-state index in [1.807, 2.05) is 0 Å². The Kier molecular flexibility index (Phi) is 3.43. The summed E-state index contributed by atoms with van der Waals surface area (Å²) in [6.45, 7) is 0. The fourth-order valence-corrected chi connectivity index (χ4v) is 2.41. The van der Waals surface area contributed by atoms with Crippen molar-refractivity contribution >= 4 is 32.5 Å². The summed E-state index contributed by atoms with van der Waals surface area (Å²) in [4.78, 5) is 10.0. The van der Waals surface area contributed by atoms with Crippen molar-refractivity contribution in [2.24, 2.45) is 0 Å². The van der Waals surface area contributed by atoms with Crippen molar-refractivity contribution in [1.29, 1.82) is 0 Å². The number of anilines is 2. The van der Waals surface area contributed by atoms with E-state index in [-0.39, 0.29) is 10.8 Å². The molecule has 1 aromatic heterocycles. The largest absolute Gasteiger partial charge is 0.324 e. The van der Waals surface area contributed by atoms with Gasteiger partial charge in [0.25, 0.3) is 10.1 Å². The van der Waals surface area contributed by atoms with Crippen molar-refractivity contribution in [2.75, 3.05) is 5.32 Å². The Labute approximate surface area is 124 Å². The number of halogens is 1. The molecule has 1 heterocycles. The minimum atomic E-state index is -4.25. The Morgan fingerprint density at radius 2 is 1.82 bits per heavy atom. The van der Waals surface area contributed by atoms with Gasteiger partial charge in [-0.3, -0.25) is 4.55 Å². The monoisotopic (exact) mass is 319 g/mol. The van der Waals surface area contributed by atoms with E-state index in [9.17, 15) is 12.8 Å². The molecule has 0 aliphatic heterocycles. The maximum absolute atomic E-state index is 12.9. The zero-order valence-corrected chi connectivity index (χ0v) is 11.7. The van der Waals surface area contributed by atoms with Crippen molar-refractivity contribution in [3.63, 3.8) is 0 Å². The minimum absolute atomic E-state index is 0.00130. The molecule has 2 aromatic carbocycles. The summed E-state index contributed by atoms with van der Waals surface area (Å²) in [7, 11) is -4.25. The Bertz CT molecular complexity index is 962. The average molecular weight is 319 g/mol. The molecule has 0 unspecified atom stereocenters. The highest BCUT2D eigenvalue weighted by Gasteiger charge is 2.10. The molecule has 2 N–H and O–H groups in total. The van der Waals surface area contributed by atoms with Crippen molar-refractivity contribution in [3.05, 3.63) is 48.8 Å². The van der Waals surface area contributed by atoms with E-state index in [2.05, 4.69) is 26.6 Å². The van der Waals surface area contributed by atoms with E-state index in [1.54, 1.807) is 24.3 Å². The number of nitrogens with one attached hydrogen (secondary N) is 1. The lowest BCUT2D eigenvalue weighted by molar-refractivity contribution is 0.483. The van der Waals surface area contributed by atoms with Crippen LogP contribution < -0.4 is 5.32 Å². The zero-order valence-electron chi connectivity index (χ0n) is 10.9. The third-order valence-corrected chi connectivity index (χ3v) is 3.71. The summed E-state index contributed by atoms with van der Waals surface area (Å²) in [6, 6.07) is 9.17. The van der Waals surface area contributed by atoms with Gasteiger partial charge in [-0.05, 0) is 35.0 Å². The zero-order chi connectivity index (χ0) is 15.7. The maximum Gasteiger partial charge on any atom is 0.314 e. The van der Waals surface area contributed by atoms with Gasteiger partial charge in [0.1, 0.15) is 0 Å². The molecule has 0 aliphatic carbocycles. The number of aromatic nitrogens is 3. The van der Waals surface area contributed by atoms with E-state index in [0.717, 1.165) is 5.39 Å². The first-order valence-electron chi connectivity index (χ1n) is 5.98. The molecule has 9 heteroatoms. The molecule has 111 valence electrons. The first-order valence-corrected chi connectivity index (χ1v) is 7.42. The van der Waals surface area contributed by atoms with E-state index < -0.39 is 16.2 Å². The smallest absolute Gasteiger partial charge is 0.314 e. The van der Waals surface area contributed by atoms with Gasteiger partial charge in [0.15, 0.2) is 0 Å². The standard InChI is InChI=1S/C13H8FN4O3S/c14-12-15-7-16-13(18-12)17-10-3-1-9-6-11(22(19,20)21)4-2-8(9)5-10/h1-6H,(H,19,20,21)(H,15,16,17,18). The first-order chi connectivity index (χ1) is 10.4. The third-order valence-electron chi connectivity index (χ3n) is 2.86. The van der Waals surface area contributed by atoms with E-state index in [1.165, 1.54) is 12.1 Å². The van der Waals surface area contributed by atoms with Gasteiger partial charge in [0, 0.05) is 5.69 Å². The second-order valence-corrected chi connectivity index (χ2v) is 5.77. The first kappa shape index (κ1) is 14.3. The number of fused-ring (bicyclic) bond motifs is 1. The van der Waals surface area contributed by atoms with Crippen LogP contribution in [0.2, 0.25) is 0 Å². The van der Waals surface area contributed by atoms with Crippen LogP contribution in [0.15, 0.2) is 41.3 Å². The highest BCUT2D eigenvalue weighted by atomic mass is 32.2. The molecule has 0 spiro atoms. The molecule has 22 heavy (non-hydrogen) atoms. The van der Waals surface area contributed by atoms with E-state index in [4.69, 9.17) is 4.55 Å². The van der Waals surface area contributed by atoms with Crippen LogP contribution >= 0.6 is 0 Å². The lowest BCUT2D eigenvalue weighted by Crippen LogP contribution is -2.00.